The van der Waals surface area contributed by atoms with Gasteiger partial charge in [-0.3, -0.25) is 4.72 Å². The van der Waals surface area contributed by atoms with E-state index in [0.29, 0.717) is 16.6 Å². The van der Waals surface area contributed by atoms with Crippen molar-refractivity contribution in [2.24, 2.45) is 11.7 Å². The third-order valence-electron chi connectivity index (χ3n) is 2.59. The van der Waals surface area contributed by atoms with E-state index in [0.717, 1.165) is 18.4 Å². The predicted octanol–water partition coefficient (Wildman–Crippen LogP) is 1.47. The SMILES string of the molecule is NC(=S)c1ccc(NS(=O)(=O)CC2CC2)cc1. The summed E-state index contributed by atoms with van der Waals surface area (Å²) in [5.74, 6) is 0.549. The van der Waals surface area contributed by atoms with Crippen LogP contribution in [0.4, 0.5) is 5.69 Å². The molecule has 92 valence electrons. The van der Waals surface area contributed by atoms with Crippen LogP contribution < -0.4 is 10.5 Å². The molecule has 0 amide bonds. The standard InChI is InChI=1S/C11H14N2O2S2/c12-11(16)9-3-5-10(6-4-9)13-17(14,15)7-8-1-2-8/h3-6,8,13H,1-2,7H2,(H2,12,16). The van der Waals surface area contributed by atoms with Gasteiger partial charge in [0.15, 0.2) is 0 Å². The molecule has 4 nitrogen and oxygen atoms in total. The number of thiocarbonyl (C=S) groups is 1. The van der Waals surface area contributed by atoms with Gasteiger partial charge >= 0.3 is 0 Å². The molecule has 0 unspecified atom stereocenters. The van der Waals surface area contributed by atoms with Gasteiger partial charge in [-0.05, 0) is 43.0 Å². The second-order valence-corrected chi connectivity index (χ2v) is 6.48. The van der Waals surface area contributed by atoms with Crippen LogP contribution in [-0.4, -0.2) is 19.2 Å². The number of hydrogen-bond acceptors (Lipinski definition) is 3. The highest BCUT2D eigenvalue weighted by molar-refractivity contribution is 7.92. The normalized spacial score (nSPS) is 15.5. The highest BCUT2D eigenvalue weighted by Crippen LogP contribution is 2.30. The van der Waals surface area contributed by atoms with Crippen molar-refractivity contribution < 1.29 is 8.42 Å². The van der Waals surface area contributed by atoms with Crippen LogP contribution in [0.25, 0.3) is 0 Å². The van der Waals surface area contributed by atoms with Crippen LogP contribution in [0.2, 0.25) is 0 Å². The summed E-state index contributed by atoms with van der Waals surface area (Å²) >= 11 is 4.82. The van der Waals surface area contributed by atoms with E-state index in [9.17, 15) is 8.42 Å². The van der Waals surface area contributed by atoms with E-state index in [4.69, 9.17) is 18.0 Å². The van der Waals surface area contributed by atoms with Crippen molar-refractivity contribution in [3.8, 4) is 0 Å². The molecule has 6 heteroatoms. The molecular weight excluding hydrogens is 256 g/mol. The predicted molar refractivity (Wildman–Crippen MR) is 72.5 cm³/mol. The molecule has 0 spiro atoms. The molecule has 1 aliphatic rings. The Morgan fingerprint density at radius 3 is 2.41 bits per heavy atom. The number of nitrogens with one attached hydrogen (secondary N) is 1. The Kier molecular flexibility index (Phi) is 3.35. The monoisotopic (exact) mass is 270 g/mol. The zero-order valence-corrected chi connectivity index (χ0v) is 10.9. The first-order chi connectivity index (χ1) is 7.96. The average Bonchev–Trinajstić information content (AvgIpc) is 3.00. The molecule has 0 atom stereocenters. The van der Waals surface area contributed by atoms with Crippen molar-refractivity contribution in [2.45, 2.75) is 12.8 Å². The molecule has 0 radical (unpaired) electrons. The summed E-state index contributed by atoms with van der Waals surface area (Å²) in [5, 5.41) is 0. The maximum absolute atomic E-state index is 11.7. The van der Waals surface area contributed by atoms with Crippen LogP contribution in [-0.2, 0) is 10.0 Å². The number of rotatable bonds is 5. The minimum absolute atomic E-state index is 0.212. The highest BCUT2D eigenvalue weighted by atomic mass is 32.2. The molecule has 17 heavy (non-hydrogen) atoms. The van der Waals surface area contributed by atoms with Crippen molar-refractivity contribution in [3.05, 3.63) is 29.8 Å². The molecule has 0 saturated heterocycles. The van der Waals surface area contributed by atoms with Gasteiger partial charge < -0.3 is 5.73 Å². The van der Waals surface area contributed by atoms with Crippen LogP contribution >= 0.6 is 12.2 Å². The van der Waals surface area contributed by atoms with E-state index < -0.39 is 10.0 Å². The molecular formula is C11H14N2O2S2. The Bertz CT molecular complexity index is 519. The minimum Gasteiger partial charge on any atom is -0.389 e. The van der Waals surface area contributed by atoms with E-state index >= 15 is 0 Å². The summed E-state index contributed by atoms with van der Waals surface area (Å²) in [6, 6.07) is 6.74. The van der Waals surface area contributed by atoms with Crippen molar-refractivity contribution in [1.29, 1.82) is 0 Å². The molecule has 1 aromatic rings. The largest absolute Gasteiger partial charge is 0.389 e. The van der Waals surface area contributed by atoms with E-state index in [1.54, 1.807) is 24.3 Å². The van der Waals surface area contributed by atoms with Crippen LogP contribution in [0.1, 0.15) is 18.4 Å². The lowest BCUT2D eigenvalue weighted by Crippen LogP contribution is -2.18. The van der Waals surface area contributed by atoms with Crippen LogP contribution in [0.15, 0.2) is 24.3 Å². The highest BCUT2D eigenvalue weighted by Gasteiger charge is 2.27. The summed E-state index contributed by atoms with van der Waals surface area (Å²) < 4.78 is 26.0. The number of benzene rings is 1. The Hall–Kier alpha value is -1.14. The summed E-state index contributed by atoms with van der Waals surface area (Å²) in [6.07, 6.45) is 2.03. The quantitative estimate of drug-likeness (QED) is 0.795. The van der Waals surface area contributed by atoms with E-state index in [-0.39, 0.29) is 5.75 Å². The van der Waals surface area contributed by atoms with E-state index in [1.807, 2.05) is 0 Å². The lowest BCUT2D eigenvalue weighted by Gasteiger charge is -2.07. The van der Waals surface area contributed by atoms with E-state index in [1.165, 1.54) is 0 Å². The zero-order valence-electron chi connectivity index (χ0n) is 9.22. The molecule has 1 saturated carbocycles. The van der Waals surface area contributed by atoms with Crippen molar-refractivity contribution in [2.75, 3.05) is 10.5 Å². The van der Waals surface area contributed by atoms with Gasteiger partial charge in [-0.25, -0.2) is 8.42 Å². The summed E-state index contributed by atoms with van der Waals surface area (Å²) in [5.41, 5.74) is 6.73. The van der Waals surface area contributed by atoms with Crippen LogP contribution in [0.3, 0.4) is 0 Å². The second-order valence-electron chi connectivity index (χ2n) is 4.27. The van der Waals surface area contributed by atoms with Gasteiger partial charge in [0.2, 0.25) is 10.0 Å². The first-order valence-electron chi connectivity index (χ1n) is 5.37. The van der Waals surface area contributed by atoms with Crippen molar-refractivity contribution in [3.63, 3.8) is 0 Å². The lowest BCUT2D eigenvalue weighted by molar-refractivity contribution is 0.597. The van der Waals surface area contributed by atoms with Crippen LogP contribution in [0, 0.1) is 5.92 Å². The summed E-state index contributed by atoms with van der Waals surface area (Å²) in [6.45, 7) is 0. The average molecular weight is 270 g/mol. The third kappa shape index (κ3) is 3.67. The first kappa shape index (κ1) is 12.3. The molecule has 0 bridgehead atoms. The van der Waals surface area contributed by atoms with Crippen molar-refractivity contribution >= 4 is 32.9 Å². The zero-order chi connectivity index (χ0) is 12.5. The Morgan fingerprint density at radius 2 is 1.94 bits per heavy atom. The van der Waals surface area contributed by atoms with Gasteiger partial charge in [0.25, 0.3) is 0 Å². The summed E-state index contributed by atoms with van der Waals surface area (Å²) in [7, 11) is -3.22. The first-order valence-corrected chi connectivity index (χ1v) is 7.43. The molecule has 0 heterocycles. The third-order valence-corrected chi connectivity index (χ3v) is 4.29. The molecule has 1 aliphatic carbocycles. The van der Waals surface area contributed by atoms with Gasteiger partial charge in [0.05, 0.1) is 5.75 Å². The van der Waals surface area contributed by atoms with E-state index in [2.05, 4.69) is 4.72 Å². The smallest absolute Gasteiger partial charge is 0.232 e. The number of hydrogen-bond donors (Lipinski definition) is 2. The lowest BCUT2D eigenvalue weighted by atomic mass is 10.2. The Labute approximate surface area is 106 Å². The maximum Gasteiger partial charge on any atom is 0.232 e. The number of sulfonamides is 1. The maximum atomic E-state index is 11.7. The van der Waals surface area contributed by atoms with Gasteiger partial charge in [-0.2, -0.15) is 0 Å². The molecule has 0 aliphatic heterocycles. The minimum atomic E-state index is -3.22. The number of nitrogens with two attached hydrogens (primary N) is 1. The van der Waals surface area contributed by atoms with Gasteiger partial charge in [-0.15, -0.1) is 0 Å². The Balaban J connectivity index is 2.05. The fraction of sp³-hybridized carbons (Fsp3) is 0.364. The molecule has 3 N–H and O–H groups in total. The molecule has 2 rings (SSSR count). The van der Waals surface area contributed by atoms with Crippen LogP contribution in [0.5, 0.6) is 0 Å². The molecule has 1 aromatic carbocycles. The Morgan fingerprint density at radius 1 is 1.35 bits per heavy atom. The fourth-order valence-corrected chi connectivity index (χ4v) is 3.19. The van der Waals surface area contributed by atoms with Gasteiger partial charge in [0, 0.05) is 11.3 Å². The summed E-state index contributed by atoms with van der Waals surface area (Å²) in [4.78, 5) is 0.303. The topological polar surface area (TPSA) is 72.2 Å². The fourth-order valence-electron chi connectivity index (χ4n) is 1.52. The van der Waals surface area contributed by atoms with Gasteiger partial charge in [-0.1, -0.05) is 12.2 Å². The van der Waals surface area contributed by atoms with Crippen molar-refractivity contribution in [1.82, 2.24) is 0 Å². The van der Waals surface area contributed by atoms with Gasteiger partial charge in [0.1, 0.15) is 4.99 Å². The molecule has 1 fully saturated rings. The molecule has 0 aromatic heterocycles. The second kappa shape index (κ2) is 4.62. The number of anilines is 1.